The highest BCUT2D eigenvalue weighted by molar-refractivity contribution is 5.80. The van der Waals surface area contributed by atoms with Gasteiger partial charge in [-0.3, -0.25) is 10.1 Å². The average molecular weight is 254 g/mol. The van der Waals surface area contributed by atoms with Crippen LogP contribution in [0.4, 0.5) is 11.4 Å². The van der Waals surface area contributed by atoms with E-state index in [2.05, 4.69) is 10.1 Å². The monoisotopic (exact) mass is 254 g/mol. The van der Waals surface area contributed by atoms with Gasteiger partial charge >= 0.3 is 5.97 Å². The van der Waals surface area contributed by atoms with Gasteiger partial charge in [-0.2, -0.15) is 0 Å². The molecule has 0 aliphatic carbocycles. The molecule has 0 fully saturated rings. The molecule has 18 heavy (non-hydrogen) atoms. The molecule has 7 heteroatoms. The van der Waals surface area contributed by atoms with Gasteiger partial charge in [0, 0.05) is 12.1 Å². The number of carbonyl (C=O) groups excluding carboxylic acids is 1. The normalized spacial score (nSPS) is 11.5. The molecule has 1 aromatic rings. The van der Waals surface area contributed by atoms with Crippen LogP contribution in [0.3, 0.4) is 0 Å². The summed E-state index contributed by atoms with van der Waals surface area (Å²) >= 11 is 0. The maximum atomic E-state index is 11.3. The Balaban J connectivity index is 3.04. The van der Waals surface area contributed by atoms with Gasteiger partial charge in [0.15, 0.2) is 0 Å². The molecule has 1 unspecified atom stereocenters. The Hall–Kier alpha value is -2.31. The molecule has 1 N–H and O–H groups in total. The lowest BCUT2D eigenvalue weighted by molar-refractivity contribution is -0.384. The quantitative estimate of drug-likeness (QED) is 0.487. The Morgan fingerprint density at radius 2 is 2.11 bits per heavy atom. The van der Waals surface area contributed by atoms with Crippen LogP contribution >= 0.6 is 0 Å². The zero-order chi connectivity index (χ0) is 13.7. The van der Waals surface area contributed by atoms with Gasteiger partial charge in [0.25, 0.3) is 5.69 Å². The number of nitro groups is 1. The number of carbonyl (C=O) groups is 1. The predicted molar refractivity (Wildman–Crippen MR) is 64.7 cm³/mol. The molecule has 0 saturated heterocycles. The molecule has 1 rings (SSSR count). The second kappa shape index (κ2) is 5.85. The van der Waals surface area contributed by atoms with Crippen LogP contribution in [0.15, 0.2) is 18.2 Å². The standard InChI is InChI=1S/C11H14N2O5/c1-7(11(14)18-3)12-9-6-8(17-2)4-5-10(9)13(15)16/h4-7,12H,1-3H3. The number of nitrogens with one attached hydrogen (secondary N) is 1. The summed E-state index contributed by atoms with van der Waals surface area (Å²) < 4.78 is 9.52. The molecule has 0 bridgehead atoms. The Morgan fingerprint density at radius 1 is 1.44 bits per heavy atom. The number of ether oxygens (including phenoxy) is 2. The van der Waals surface area contributed by atoms with Crippen LogP contribution in [0.2, 0.25) is 0 Å². The molecule has 0 aliphatic rings. The van der Waals surface area contributed by atoms with E-state index in [0.717, 1.165) is 0 Å². The molecular formula is C11H14N2O5. The number of hydrogen-bond acceptors (Lipinski definition) is 6. The molecule has 1 atom stereocenters. The third-order valence-corrected chi connectivity index (χ3v) is 2.33. The first-order valence-corrected chi connectivity index (χ1v) is 5.16. The molecular weight excluding hydrogens is 240 g/mol. The number of nitrogens with zero attached hydrogens (tertiary/aromatic N) is 1. The van der Waals surface area contributed by atoms with Crippen LogP contribution in [-0.4, -0.2) is 31.2 Å². The van der Waals surface area contributed by atoms with Gasteiger partial charge in [-0.15, -0.1) is 0 Å². The molecule has 0 spiro atoms. The summed E-state index contributed by atoms with van der Waals surface area (Å²) in [6.45, 7) is 1.55. The topological polar surface area (TPSA) is 90.7 Å². The maximum Gasteiger partial charge on any atom is 0.327 e. The highest BCUT2D eigenvalue weighted by Gasteiger charge is 2.19. The number of esters is 1. The van der Waals surface area contributed by atoms with Crippen molar-refractivity contribution in [2.75, 3.05) is 19.5 Å². The first-order valence-electron chi connectivity index (χ1n) is 5.16. The van der Waals surface area contributed by atoms with E-state index < -0.39 is 16.9 Å². The Morgan fingerprint density at radius 3 is 2.61 bits per heavy atom. The van der Waals surface area contributed by atoms with Gasteiger partial charge in [0.1, 0.15) is 17.5 Å². The molecule has 0 radical (unpaired) electrons. The van der Waals surface area contributed by atoms with Crippen LogP contribution in [-0.2, 0) is 9.53 Å². The molecule has 0 aromatic heterocycles. The lowest BCUT2D eigenvalue weighted by Crippen LogP contribution is -2.27. The lowest BCUT2D eigenvalue weighted by Gasteiger charge is -2.13. The fourth-order valence-electron chi connectivity index (χ4n) is 1.39. The second-order valence-corrected chi connectivity index (χ2v) is 3.53. The molecule has 0 heterocycles. The zero-order valence-electron chi connectivity index (χ0n) is 10.3. The largest absolute Gasteiger partial charge is 0.497 e. The summed E-state index contributed by atoms with van der Waals surface area (Å²) in [6.07, 6.45) is 0. The van der Waals surface area contributed by atoms with Crippen molar-refractivity contribution in [1.29, 1.82) is 0 Å². The Kier molecular flexibility index (Phi) is 4.47. The second-order valence-electron chi connectivity index (χ2n) is 3.53. The van der Waals surface area contributed by atoms with E-state index in [9.17, 15) is 14.9 Å². The van der Waals surface area contributed by atoms with Crippen molar-refractivity contribution in [3.05, 3.63) is 28.3 Å². The molecule has 0 amide bonds. The van der Waals surface area contributed by atoms with E-state index in [-0.39, 0.29) is 11.4 Å². The SMILES string of the molecule is COC(=O)C(C)Nc1cc(OC)ccc1[N+](=O)[O-]. The van der Waals surface area contributed by atoms with Crippen molar-refractivity contribution in [3.63, 3.8) is 0 Å². The number of rotatable bonds is 5. The molecule has 1 aromatic carbocycles. The van der Waals surface area contributed by atoms with Gasteiger partial charge in [-0.25, -0.2) is 4.79 Å². The van der Waals surface area contributed by atoms with Crippen LogP contribution in [0.25, 0.3) is 0 Å². The third kappa shape index (κ3) is 3.09. The van der Waals surface area contributed by atoms with Crippen LogP contribution in [0.1, 0.15) is 6.92 Å². The Labute approximate surface area is 104 Å². The van der Waals surface area contributed by atoms with E-state index >= 15 is 0 Å². The third-order valence-electron chi connectivity index (χ3n) is 2.33. The van der Waals surface area contributed by atoms with E-state index in [1.165, 1.54) is 32.4 Å². The highest BCUT2D eigenvalue weighted by Crippen LogP contribution is 2.29. The lowest BCUT2D eigenvalue weighted by atomic mass is 10.2. The molecule has 98 valence electrons. The summed E-state index contributed by atoms with van der Waals surface area (Å²) in [7, 11) is 2.70. The van der Waals surface area contributed by atoms with Gasteiger partial charge in [-0.1, -0.05) is 0 Å². The summed E-state index contributed by atoms with van der Waals surface area (Å²) in [5.41, 5.74) is 0.0730. The molecule has 0 saturated carbocycles. The van der Waals surface area contributed by atoms with Gasteiger partial charge in [-0.05, 0) is 13.0 Å². The molecule has 7 nitrogen and oxygen atoms in total. The minimum Gasteiger partial charge on any atom is -0.497 e. The zero-order valence-corrected chi connectivity index (χ0v) is 10.3. The van der Waals surface area contributed by atoms with E-state index in [0.29, 0.717) is 5.75 Å². The number of nitro benzene ring substituents is 1. The van der Waals surface area contributed by atoms with Crippen molar-refractivity contribution in [3.8, 4) is 5.75 Å². The molecule has 0 aliphatic heterocycles. The number of anilines is 1. The van der Waals surface area contributed by atoms with Crippen molar-refractivity contribution < 1.29 is 19.2 Å². The van der Waals surface area contributed by atoms with Crippen LogP contribution in [0, 0.1) is 10.1 Å². The number of hydrogen-bond donors (Lipinski definition) is 1. The first kappa shape index (κ1) is 13.8. The minimum absolute atomic E-state index is 0.133. The van der Waals surface area contributed by atoms with Crippen LogP contribution in [0.5, 0.6) is 5.75 Å². The predicted octanol–water partition coefficient (Wildman–Crippen LogP) is 1.58. The van der Waals surface area contributed by atoms with E-state index in [4.69, 9.17) is 4.74 Å². The number of benzene rings is 1. The summed E-state index contributed by atoms with van der Waals surface area (Å²) in [5, 5.41) is 13.6. The summed E-state index contributed by atoms with van der Waals surface area (Å²) in [6, 6.07) is 3.55. The van der Waals surface area contributed by atoms with Crippen molar-refractivity contribution in [1.82, 2.24) is 0 Å². The summed E-state index contributed by atoms with van der Waals surface area (Å²) in [5.74, 6) is -0.0488. The van der Waals surface area contributed by atoms with Crippen molar-refractivity contribution in [2.45, 2.75) is 13.0 Å². The van der Waals surface area contributed by atoms with Crippen LogP contribution < -0.4 is 10.1 Å². The van der Waals surface area contributed by atoms with E-state index in [1.807, 2.05) is 0 Å². The van der Waals surface area contributed by atoms with Gasteiger partial charge in [0.2, 0.25) is 0 Å². The van der Waals surface area contributed by atoms with Crippen molar-refractivity contribution in [2.24, 2.45) is 0 Å². The van der Waals surface area contributed by atoms with E-state index in [1.54, 1.807) is 6.92 Å². The Bertz CT molecular complexity index is 461. The maximum absolute atomic E-state index is 11.3. The van der Waals surface area contributed by atoms with Crippen molar-refractivity contribution >= 4 is 17.3 Å². The number of methoxy groups -OCH3 is 2. The smallest absolute Gasteiger partial charge is 0.327 e. The highest BCUT2D eigenvalue weighted by atomic mass is 16.6. The summed E-state index contributed by atoms with van der Waals surface area (Å²) in [4.78, 5) is 21.6. The van der Waals surface area contributed by atoms with Gasteiger partial charge < -0.3 is 14.8 Å². The van der Waals surface area contributed by atoms with Gasteiger partial charge in [0.05, 0.1) is 19.1 Å². The fraction of sp³-hybridized carbons (Fsp3) is 0.364. The average Bonchev–Trinajstić information content (AvgIpc) is 2.37. The fourth-order valence-corrected chi connectivity index (χ4v) is 1.39. The minimum atomic E-state index is -0.694. The first-order chi connectivity index (χ1) is 8.49.